The van der Waals surface area contributed by atoms with E-state index in [9.17, 15) is 4.79 Å². The Hall–Kier alpha value is -1.88. The molecule has 1 rings (SSSR count). The number of ether oxygens (including phenoxy) is 1. The van der Waals surface area contributed by atoms with E-state index >= 15 is 0 Å². The van der Waals surface area contributed by atoms with Gasteiger partial charge in [-0.1, -0.05) is 0 Å². The molecule has 0 radical (unpaired) electrons. The van der Waals surface area contributed by atoms with Crippen molar-refractivity contribution in [3.05, 3.63) is 30.0 Å². The van der Waals surface area contributed by atoms with Crippen molar-refractivity contribution in [2.75, 3.05) is 25.7 Å². The molecule has 5 nitrogen and oxygen atoms in total. The molecule has 0 saturated heterocycles. The smallest absolute Gasteiger partial charge is 0.328 e. The van der Waals surface area contributed by atoms with Crippen LogP contribution in [0.5, 0.6) is 0 Å². The van der Waals surface area contributed by atoms with Crippen molar-refractivity contribution in [1.82, 2.24) is 4.98 Å². The molecule has 1 N–H and O–H groups in total. The van der Waals surface area contributed by atoms with Gasteiger partial charge in [-0.15, -0.1) is 0 Å². The van der Waals surface area contributed by atoms with Crippen molar-refractivity contribution in [3.8, 4) is 0 Å². The molecule has 0 aliphatic heterocycles. The van der Waals surface area contributed by atoms with E-state index in [2.05, 4.69) is 4.98 Å². The van der Waals surface area contributed by atoms with E-state index in [0.29, 0.717) is 6.61 Å². The highest BCUT2D eigenvalue weighted by Gasteiger charge is 2.10. The third kappa shape index (κ3) is 4.18. The Morgan fingerprint density at radius 2 is 2.33 bits per heavy atom. The fourth-order valence-corrected chi connectivity index (χ4v) is 1.45. The lowest BCUT2D eigenvalue weighted by Crippen LogP contribution is -2.33. The first-order valence-corrected chi connectivity index (χ1v) is 5.63. The maximum atomic E-state index is 10.4. The Morgan fingerprint density at radius 3 is 2.83 bits per heavy atom. The summed E-state index contributed by atoms with van der Waals surface area (Å²) in [4.78, 5) is 16.7. The summed E-state index contributed by atoms with van der Waals surface area (Å²) < 4.78 is 5.09. The fourth-order valence-electron chi connectivity index (χ4n) is 1.45. The number of methoxy groups -OCH3 is 1. The van der Waals surface area contributed by atoms with E-state index in [1.165, 1.54) is 6.08 Å². The second-order valence-electron chi connectivity index (χ2n) is 4.04. The molecule has 1 unspecified atom stereocenters. The number of carboxylic acid groups (broad SMARTS) is 1. The maximum Gasteiger partial charge on any atom is 0.328 e. The van der Waals surface area contributed by atoms with Crippen LogP contribution in [-0.2, 0) is 9.53 Å². The summed E-state index contributed by atoms with van der Waals surface area (Å²) in [5.41, 5.74) is 0.758. The lowest BCUT2D eigenvalue weighted by molar-refractivity contribution is -0.131. The second kappa shape index (κ2) is 6.76. The number of aliphatic carboxylic acids is 1. The first kappa shape index (κ1) is 14.2. The molecule has 0 bridgehead atoms. The van der Waals surface area contributed by atoms with Crippen LogP contribution in [0.4, 0.5) is 5.82 Å². The summed E-state index contributed by atoms with van der Waals surface area (Å²) in [6.45, 7) is 2.67. The van der Waals surface area contributed by atoms with Gasteiger partial charge in [-0.2, -0.15) is 0 Å². The van der Waals surface area contributed by atoms with Crippen LogP contribution in [0.2, 0.25) is 0 Å². The van der Waals surface area contributed by atoms with Crippen LogP contribution in [0.25, 0.3) is 6.08 Å². The van der Waals surface area contributed by atoms with Crippen LogP contribution >= 0.6 is 0 Å². The van der Waals surface area contributed by atoms with E-state index in [1.807, 2.05) is 31.0 Å². The first-order chi connectivity index (χ1) is 8.54. The molecular formula is C13H18N2O3. The molecule has 1 atom stereocenters. The van der Waals surface area contributed by atoms with Gasteiger partial charge in [0.2, 0.25) is 0 Å². The predicted octanol–water partition coefficient (Wildman–Crippen LogP) is 1.65. The van der Waals surface area contributed by atoms with E-state index in [1.54, 1.807) is 13.3 Å². The Balaban J connectivity index is 2.73. The number of anilines is 1. The molecule has 0 saturated carbocycles. The molecule has 0 amide bonds. The zero-order valence-corrected chi connectivity index (χ0v) is 10.8. The van der Waals surface area contributed by atoms with Gasteiger partial charge in [0.25, 0.3) is 0 Å². The first-order valence-electron chi connectivity index (χ1n) is 5.63. The molecule has 0 fully saturated rings. The molecule has 0 aromatic carbocycles. The Labute approximate surface area is 107 Å². The van der Waals surface area contributed by atoms with Gasteiger partial charge in [-0.25, -0.2) is 9.78 Å². The van der Waals surface area contributed by atoms with Gasteiger partial charge in [0.05, 0.1) is 12.6 Å². The molecule has 1 aromatic heterocycles. The minimum Gasteiger partial charge on any atom is -0.478 e. The number of carbonyl (C=O) groups is 1. The van der Waals surface area contributed by atoms with Crippen LogP contribution < -0.4 is 4.90 Å². The van der Waals surface area contributed by atoms with Crippen LogP contribution in [0, 0.1) is 0 Å². The molecule has 1 heterocycles. The van der Waals surface area contributed by atoms with Crippen molar-refractivity contribution in [2.45, 2.75) is 13.0 Å². The zero-order chi connectivity index (χ0) is 13.5. The third-order valence-electron chi connectivity index (χ3n) is 2.62. The number of aromatic nitrogens is 1. The lowest BCUT2D eigenvalue weighted by Gasteiger charge is -2.25. The lowest BCUT2D eigenvalue weighted by atomic mass is 10.2. The number of rotatable bonds is 6. The van der Waals surface area contributed by atoms with E-state index in [-0.39, 0.29) is 6.04 Å². The zero-order valence-electron chi connectivity index (χ0n) is 10.8. The topological polar surface area (TPSA) is 62.7 Å². The van der Waals surface area contributed by atoms with Crippen LogP contribution in [0.15, 0.2) is 24.4 Å². The minimum atomic E-state index is -0.968. The Kier molecular flexibility index (Phi) is 5.32. The second-order valence-corrected chi connectivity index (χ2v) is 4.04. The monoisotopic (exact) mass is 250 g/mol. The minimum absolute atomic E-state index is 0.225. The summed E-state index contributed by atoms with van der Waals surface area (Å²) in [6.07, 6.45) is 4.25. The van der Waals surface area contributed by atoms with Gasteiger partial charge >= 0.3 is 5.97 Å². The van der Waals surface area contributed by atoms with Gasteiger partial charge in [0, 0.05) is 26.4 Å². The average molecular weight is 250 g/mol. The van der Waals surface area contributed by atoms with Gasteiger partial charge < -0.3 is 14.7 Å². The van der Waals surface area contributed by atoms with Crippen LogP contribution in [0.1, 0.15) is 12.5 Å². The average Bonchev–Trinajstić information content (AvgIpc) is 2.36. The highest BCUT2D eigenvalue weighted by atomic mass is 16.5. The van der Waals surface area contributed by atoms with Gasteiger partial charge in [-0.3, -0.25) is 0 Å². The third-order valence-corrected chi connectivity index (χ3v) is 2.62. The summed E-state index contributed by atoms with van der Waals surface area (Å²) in [7, 11) is 3.61. The molecule has 0 spiro atoms. The molecule has 5 heteroatoms. The number of nitrogens with zero attached hydrogens (tertiary/aromatic N) is 2. The highest BCUT2D eigenvalue weighted by Crippen LogP contribution is 2.13. The van der Waals surface area contributed by atoms with Gasteiger partial charge in [-0.05, 0) is 30.7 Å². The fraction of sp³-hybridized carbons (Fsp3) is 0.385. The normalized spacial score (nSPS) is 12.6. The van der Waals surface area contributed by atoms with Gasteiger partial charge in [0.1, 0.15) is 5.82 Å². The Bertz CT molecular complexity index is 415. The van der Waals surface area contributed by atoms with E-state index in [0.717, 1.165) is 17.5 Å². The molecule has 0 aliphatic carbocycles. The number of hydrogen-bond donors (Lipinski definition) is 1. The number of likely N-dealkylation sites (N-methyl/N-ethyl adjacent to an activating group) is 1. The van der Waals surface area contributed by atoms with E-state index in [4.69, 9.17) is 9.84 Å². The number of pyridine rings is 1. The molecule has 0 aliphatic rings. The quantitative estimate of drug-likeness (QED) is 0.778. The van der Waals surface area contributed by atoms with Crippen molar-refractivity contribution < 1.29 is 14.6 Å². The summed E-state index contributed by atoms with van der Waals surface area (Å²) in [5.74, 6) is -0.142. The maximum absolute atomic E-state index is 10.4. The molecular weight excluding hydrogens is 232 g/mol. The molecule has 18 heavy (non-hydrogen) atoms. The summed E-state index contributed by atoms with van der Waals surface area (Å²) >= 11 is 0. The van der Waals surface area contributed by atoms with Crippen LogP contribution in [-0.4, -0.2) is 42.9 Å². The van der Waals surface area contributed by atoms with Crippen molar-refractivity contribution >= 4 is 17.9 Å². The van der Waals surface area contributed by atoms with E-state index < -0.39 is 5.97 Å². The number of carboxylic acids is 1. The molecule has 98 valence electrons. The summed E-state index contributed by atoms with van der Waals surface area (Å²) in [5, 5.41) is 8.52. The number of hydrogen-bond acceptors (Lipinski definition) is 4. The Morgan fingerprint density at radius 1 is 1.61 bits per heavy atom. The largest absolute Gasteiger partial charge is 0.478 e. The predicted molar refractivity (Wildman–Crippen MR) is 70.6 cm³/mol. The van der Waals surface area contributed by atoms with Crippen molar-refractivity contribution in [2.24, 2.45) is 0 Å². The SMILES string of the molecule is COCC(C)N(C)c1ccc(/C=C/C(=O)O)cn1. The van der Waals surface area contributed by atoms with Crippen LogP contribution in [0.3, 0.4) is 0 Å². The standard InChI is InChI=1S/C13H18N2O3/c1-10(9-18-3)15(2)12-6-4-11(8-14-12)5-7-13(16)17/h4-8,10H,9H2,1-3H3,(H,16,17)/b7-5+. The summed E-state index contributed by atoms with van der Waals surface area (Å²) in [6, 6.07) is 3.91. The molecule has 1 aromatic rings. The van der Waals surface area contributed by atoms with Crippen molar-refractivity contribution in [3.63, 3.8) is 0 Å². The highest BCUT2D eigenvalue weighted by molar-refractivity contribution is 5.85. The van der Waals surface area contributed by atoms with Gasteiger partial charge in [0.15, 0.2) is 0 Å². The van der Waals surface area contributed by atoms with Crippen molar-refractivity contribution in [1.29, 1.82) is 0 Å².